The molecular weight excluding hydrogens is 701 g/mol. The fourth-order valence-electron chi connectivity index (χ4n) is 10.1. The summed E-state index contributed by atoms with van der Waals surface area (Å²) < 4.78 is 4.92. The van der Waals surface area contributed by atoms with Crippen LogP contribution < -0.4 is 0 Å². The van der Waals surface area contributed by atoms with Gasteiger partial charge in [0.05, 0.1) is 27.8 Å². The number of aromatic nitrogens is 2. The second kappa shape index (κ2) is 12.9. The zero-order chi connectivity index (χ0) is 39.2. The maximum atomic E-state index is 2.50. The maximum Gasteiger partial charge on any atom is 0.0541 e. The number of para-hydroxylation sites is 3. The summed E-state index contributed by atoms with van der Waals surface area (Å²) in [6.45, 7) is 9.71. The minimum absolute atomic E-state index is 0.0872. The molecule has 11 rings (SSSR count). The number of nitrogens with zero attached hydrogens (tertiary/aromatic N) is 2. The van der Waals surface area contributed by atoms with Crippen molar-refractivity contribution in [2.45, 2.75) is 51.4 Å². The number of hydrogen-bond donors (Lipinski definition) is 0. The Morgan fingerprint density at radius 3 is 1.60 bits per heavy atom. The third-order valence-electron chi connectivity index (χ3n) is 13.2. The normalized spacial score (nSPS) is 14.7. The Balaban J connectivity index is 1.07. The highest BCUT2D eigenvalue weighted by Gasteiger charge is 2.39. The highest BCUT2D eigenvalue weighted by atomic mass is 15.0. The molecule has 0 spiro atoms. The van der Waals surface area contributed by atoms with E-state index in [9.17, 15) is 0 Å². The van der Waals surface area contributed by atoms with Gasteiger partial charge < -0.3 is 9.13 Å². The fraction of sp³-hybridized carbons (Fsp3) is 0.143. The Morgan fingerprint density at radius 1 is 0.362 bits per heavy atom. The Morgan fingerprint density at radius 2 is 0.879 bits per heavy atom. The van der Waals surface area contributed by atoms with Crippen molar-refractivity contribution in [2.75, 3.05) is 0 Å². The number of benzene rings is 8. The summed E-state index contributed by atoms with van der Waals surface area (Å²) in [5, 5.41) is 5.04. The molecule has 8 aromatic carbocycles. The first-order valence-electron chi connectivity index (χ1n) is 20.7. The third-order valence-corrected chi connectivity index (χ3v) is 13.2. The van der Waals surface area contributed by atoms with Gasteiger partial charge in [0, 0.05) is 32.8 Å². The second-order valence-electron chi connectivity index (χ2n) is 17.6. The van der Waals surface area contributed by atoms with Crippen molar-refractivity contribution < 1.29 is 0 Å². The lowest BCUT2D eigenvalue weighted by molar-refractivity contribution is 0.333. The average molecular weight is 747 g/mol. The zero-order valence-electron chi connectivity index (χ0n) is 33.6. The van der Waals surface area contributed by atoms with Gasteiger partial charge in [-0.15, -0.1) is 0 Å². The van der Waals surface area contributed by atoms with Gasteiger partial charge in [0.25, 0.3) is 0 Å². The molecule has 0 aliphatic heterocycles. The largest absolute Gasteiger partial charge is 0.309 e. The van der Waals surface area contributed by atoms with Gasteiger partial charge in [0.2, 0.25) is 0 Å². The van der Waals surface area contributed by atoms with Crippen LogP contribution in [0.15, 0.2) is 182 Å². The Kier molecular flexibility index (Phi) is 7.72. The average Bonchev–Trinajstić information content (AvgIpc) is 3.77. The van der Waals surface area contributed by atoms with E-state index >= 15 is 0 Å². The molecule has 0 unspecified atom stereocenters. The molecule has 1 aliphatic carbocycles. The first-order valence-corrected chi connectivity index (χ1v) is 20.7. The summed E-state index contributed by atoms with van der Waals surface area (Å²) in [7, 11) is 0. The smallest absolute Gasteiger partial charge is 0.0541 e. The number of fused-ring (bicyclic) bond motifs is 7. The molecule has 1 aliphatic rings. The van der Waals surface area contributed by atoms with E-state index in [2.05, 4.69) is 219 Å². The van der Waals surface area contributed by atoms with E-state index in [0.717, 1.165) is 5.69 Å². The van der Waals surface area contributed by atoms with Gasteiger partial charge >= 0.3 is 0 Å². The van der Waals surface area contributed by atoms with E-state index < -0.39 is 0 Å². The molecule has 10 aromatic rings. The van der Waals surface area contributed by atoms with Crippen molar-refractivity contribution in [3.63, 3.8) is 0 Å². The predicted octanol–water partition coefficient (Wildman–Crippen LogP) is 15.2. The monoisotopic (exact) mass is 746 g/mol. The molecule has 0 saturated heterocycles. The molecule has 0 N–H and O–H groups in total. The predicted molar refractivity (Wildman–Crippen MR) is 247 cm³/mol. The summed E-state index contributed by atoms with van der Waals surface area (Å²) in [4.78, 5) is 0. The van der Waals surface area contributed by atoms with Crippen LogP contribution in [0.25, 0.3) is 88.4 Å². The highest BCUT2D eigenvalue weighted by Crippen LogP contribution is 2.50. The van der Waals surface area contributed by atoms with Crippen molar-refractivity contribution >= 4 is 43.6 Å². The van der Waals surface area contributed by atoms with Gasteiger partial charge in [-0.1, -0.05) is 155 Å². The topological polar surface area (TPSA) is 9.86 Å². The molecular formula is C56H46N2. The van der Waals surface area contributed by atoms with Gasteiger partial charge in [-0.25, -0.2) is 0 Å². The van der Waals surface area contributed by atoms with Crippen LogP contribution in [0.4, 0.5) is 0 Å². The third kappa shape index (κ3) is 5.32. The van der Waals surface area contributed by atoms with E-state index in [0.29, 0.717) is 0 Å². The standard InChI is InChI=1S/C56H46N2/c1-55(2)32-33-56(3,4)54-45(23-15-24-48(54)55)42-20-8-12-26-50(42)58-51-27-13-10-22-44(51)47-36-40(29-31-53(47)58)39-28-30-52-46(35-39)43-21-9-11-25-49(43)57(52)41-19-14-18-38(34-41)37-16-6-5-7-17-37/h5-31,34-36H,32-33H2,1-4H3. The molecule has 280 valence electrons. The molecule has 0 bridgehead atoms. The van der Waals surface area contributed by atoms with Gasteiger partial charge in [-0.3, -0.25) is 0 Å². The van der Waals surface area contributed by atoms with E-state index in [1.54, 1.807) is 0 Å². The Hall–Kier alpha value is -6.64. The molecule has 2 heteroatoms. The van der Waals surface area contributed by atoms with Crippen LogP contribution in [0, 0.1) is 0 Å². The number of hydrogen-bond acceptors (Lipinski definition) is 0. The summed E-state index contributed by atoms with van der Waals surface area (Å²) in [5.41, 5.74) is 18.0. The second-order valence-corrected chi connectivity index (χ2v) is 17.6. The summed E-state index contributed by atoms with van der Waals surface area (Å²) in [5.74, 6) is 0. The molecule has 0 fully saturated rings. The lowest BCUT2D eigenvalue weighted by Gasteiger charge is -2.43. The first-order chi connectivity index (χ1) is 28.3. The van der Waals surface area contributed by atoms with Gasteiger partial charge in [-0.2, -0.15) is 0 Å². The summed E-state index contributed by atoms with van der Waals surface area (Å²) in [6.07, 6.45) is 2.38. The first kappa shape index (κ1) is 34.6. The quantitative estimate of drug-likeness (QED) is 0.166. The van der Waals surface area contributed by atoms with Crippen LogP contribution in [0.5, 0.6) is 0 Å². The lowest BCUT2D eigenvalue weighted by Crippen LogP contribution is -2.34. The van der Waals surface area contributed by atoms with Gasteiger partial charge in [-0.05, 0) is 117 Å². The molecule has 0 radical (unpaired) electrons. The van der Waals surface area contributed by atoms with Crippen molar-refractivity contribution in [1.82, 2.24) is 9.13 Å². The highest BCUT2D eigenvalue weighted by molar-refractivity contribution is 6.13. The van der Waals surface area contributed by atoms with Gasteiger partial charge in [0.15, 0.2) is 0 Å². The Labute approximate surface area is 340 Å². The molecule has 0 atom stereocenters. The Bertz CT molecular complexity index is 3220. The van der Waals surface area contributed by atoms with Crippen molar-refractivity contribution in [3.8, 4) is 44.8 Å². The van der Waals surface area contributed by atoms with E-state index in [-0.39, 0.29) is 10.8 Å². The molecule has 0 amide bonds. The maximum absolute atomic E-state index is 2.50. The van der Waals surface area contributed by atoms with Crippen molar-refractivity contribution in [2.24, 2.45) is 0 Å². The van der Waals surface area contributed by atoms with Crippen LogP contribution in [0.1, 0.15) is 51.7 Å². The molecule has 58 heavy (non-hydrogen) atoms. The zero-order valence-corrected chi connectivity index (χ0v) is 33.6. The van der Waals surface area contributed by atoms with Crippen molar-refractivity contribution in [3.05, 3.63) is 193 Å². The van der Waals surface area contributed by atoms with Crippen LogP contribution in [-0.2, 0) is 10.8 Å². The van der Waals surface area contributed by atoms with Crippen LogP contribution in [0.2, 0.25) is 0 Å². The van der Waals surface area contributed by atoms with Crippen LogP contribution >= 0.6 is 0 Å². The van der Waals surface area contributed by atoms with E-state index in [1.165, 1.54) is 107 Å². The number of rotatable bonds is 5. The molecule has 2 aromatic heterocycles. The summed E-state index contributed by atoms with van der Waals surface area (Å²) in [6, 6.07) is 67.5. The van der Waals surface area contributed by atoms with Gasteiger partial charge in [0.1, 0.15) is 0 Å². The van der Waals surface area contributed by atoms with Crippen molar-refractivity contribution in [1.29, 1.82) is 0 Å². The fourth-order valence-corrected chi connectivity index (χ4v) is 10.1. The SMILES string of the molecule is CC1(C)CCC(C)(C)c2c(-c3ccccc3-n3c4ccccc4c4cc(-c5ccc6c(c5)c5ccccc5n6-c5cccc(-c6ccccc6)c5)ccc43)cccc21. The molecule has 2 heterocycles. The van der Waals surface area contributed by atoms with Crippen LogP contribution in [0.3, 0.4) is 0 Å². The summed E-state index contributed by atoms with van der Waals surface area (Å²) >= 11 is 0. The molecule has 0 saturated carbocycles. The minimum atomic E-state index is 0.0872. The van der Waals surface area contributed by atoms with E-state index in [1.807, 2.05) is 0 Å². The minimum Gasteiger partial charge on any atom is -0.309 e. The lowest BCUT2D eigenvalue weighted by atomic mass is 9.61. The van der Waals surface area contributed by atoms with Crippen LogP contribution in [-0.4, -0.2) is 9.13 Å². The van der Waals surface area contributed by atoms with E-state index in [4.69, 9.17) is 0 Å². The molecule has 2 nitrogen and oxygen atoms in total.